The predicted molar refractivity (Wildman–Crippen MR) is 54.4 cm³/mol. The number of likely N-dealkylation sites (tertiary alicyclic amines) is 1. The van der Waals surface area contributed by atoms with Gasteiger partial charge in [0.05, 0.1) is 12.7 Å². The minimum atomic E-state index is -0.362. The summed E-state index contributed by atoms with van der Waals surface area (Å²) in [4.78, 5) is 13.7. The third-order valence-electron chi connectivity index (χ3n) is 2.91. The standard InChI is InChI=1S/C10H18N2O3/c13-8-2-1-4-12(7-8)10(14)9-6-11-3-5-15-9/h8-9,11,13H,1-7H2. The van der Waals surface area contributed by atoms with Gasteiger partial charge in [0.2, 0.25) is 0 Å². The Morgan fingerprint density at radius 2 is 2.40 bits per heavy atom. The topological polar surface area (TPSA) is 61.8 Å². The van der Waals surface area contributed by atoms with Crippen LogP contribution in [0.3, 0.4) is 0 Å². The Labute approximate surface area is 89.4 Å². The van der Waals surface area contributed by atoms with Crippen LogP contribution in [-0.2, 0) is 9.53 Å². The highest BCUT2D eigenvalue weighted by Gasteiger charge is 2.29. The Morgan fingerprint density at radius 1 is 1.53 bits per heavy atom. The van der Waals surface area contributed by atoms with Gasteiger partial charge < -0.3 is 20.1 Å². The maximum Gasteiger partial charge on any atom is 0.253 e. The Morgan fingerprint density at radius 3 is 3.07 bits per heavy atom. The van der Waals surface area contributed by atoms with Crippen LogP contribution in [0.5, 0.6) is 0 Å². The number of piperidine rings is 1. The molecule has 15 heavy (non-hydrogen) atoms. The highest BCUT2D eigenvalue weighted by Crippen LogP contribution is 2.12. The van der Waals surface area contributed by atoms with Gasteiger partial charge in [0.25, 0.3) is 5.91 Å². The number of carbonyl (C=O) groups is 1. The van der Waals surface area contributed by atoms with Crippen LogP contribution in [-0.4, -0.2) is 60.9 Å². The third-order valence-corrected chi connectivity index (χ3v) is 2.91. The highest BCUT2D eigenvalue weighted by molar-refractivity contribution is 5.81. The minimum absolute atomic E-state index is 0.0148. The van der Waals surface area contributed by atoms with Crippen molar-refractivity contribution in [2.75, 3.05) is 32.8 Å². The van der Waals surface area contributed by atoms with Crippen molar-refractivity contribution < 1.29 is 14.6 Å². The molecular formula is C10H18N2O3. The molecule has 1 amide bonds. The summed E-state index contributed by atoms with van der Waals surface area (Å²) in [6, 6.07) is 0. The van der Waals surface area contributed by atoms with Crippen molar-refractivity contribution in [1.82, 2.24) is 10.2 Å². The number of aliphatic hydroxyl groups excluding tert-OH is 1. The van der Waals surface area contributed by atoms with Gasteiger partial charge in [0.1, 0.15) is 6.10 Å². The molecule has 2 N–H and O–H groups in total. The molecular weight excluding hydrogens is 196 g/mol. The molecule has 86 valence electrons. The zero-order chi connectivity index (χ0) is 10.7. The number of hydrogen-bond donors (Lipinski definition) is 2. The van der Waals surface area contributed by atoms with Gasteiger partial charge in [-0.25, -0.2) is 0 Å². The van der Waals surface area contributed by atoms with Crippen LogP contribution in [0.1, 0.15) is 12.8 Å². The molecule has 2 fully saturated rings. The van der Waals surface area contributed by atoms with Crippen molar-refractivity contribution in [1.29, 1.82) is 0 Å². The average molecular weight is 214 g/mol. The first-order valence-electron chi connectivity index (χ1n) is 5.56. The summed E-state index contributed by atoms with van der Waals surface area (Å²) in [6.07, 6.45) is 0.962. The summed E-state index contributed by atoms with van der Waals surface area (Å²) < 4.78 is 5.39. The maximum atomic E-state index is 11.9. The van der Waals surface area contributed by atoms with Crippen LogP contribution >= 0.6 is 0 Å². The monoisotopic (exact) mass is 214 g/mol. The molecule has 0 aromatic heterocycles. The van der Waals surface area contributed by atoms with Gasteiger partial charge in [-0.05, 0) is 12.8 Å². The summed E-state index contributed by atoms with van der Waals surface area (Å²) in [5.74, 6) is 0.0148. The lowest BCUT2D eigenvalue weighted by Crippen LogP contribution is -2.52. The van der Waals surface area contributed by atoms with Gasteiger partial charge in [-0.3, -0.25) is 4.79 Å². The molecule has 2 aliphatic heterocycles. The van der Waals surface area contributed by atoms with E-state index in [1.54, 1.807) is 4.90 Å². The van der Waals surface area contributed by atoms with Crippen molar-refractivity contribution >= 4 is 5.91 Å². The number of carbonyl (C=O) groups excluding carboxylic acids is 1. The summed E-state index contributed by atoms with van der Waals surface area (Å²) >= 11 is 0. The van der Waals surface area contributed by atoms with Gasteiger partial charge >= 0.3 is 0 Å². The second kappa shape index (κ2) is 4.92. The lowest BCUT2D eigenvalue weighted by molar-refractivity contribution is -0.148. The van der Waals surface area contributed by atoms with E-state index in [0.29, 0.717) is 19.7 Å². The number of morpholine rings is 1. The number of hydrogen-bond acceptors (Lipinski definition) is 4. The predicted octanol–water partition coefficient (Wildman–Crippen LogP) is -1.04. The number of rotatable bonds is 1. The minimum Gasteiger partial charge on any atom is -0.391 e. The fraction of sp³-hybridized carbons (Fsp3) is 0.900. The molecule has 5 nitrogen and oxygen atoms in total. The molecule has 2 unspecified atom stereocenters. The molecule has 5 heteroatoms. The number of nitrogens with zero attached hydrogens (tertiary/aromatic N) is 1. The van der Waals surface area contributed by atoms with Crippen molar-refractivity contribution in [3.8, 4) is 0 Å². The highest BCUT2D eigenvalue weighted by atomic mass is 16.5. The van der Waals surface area contributed by atoms with Crippen molar-refractivity contribution in [2.45, 2.75) is 25.0 Å². The summed E-state index contributed by atoms with van der Waals surface area (Å²) in [7, 11) is 0. The molecule has 0 aromatic carbocycles. The van der Waals surface area contributed by atoms with E-state index in [-0.39, 0.29) is 18.1 Å². The fourth-order valence-electron chi connectivity index (χ4n) is 2.08. The van der Waals surface area contributed by atoms with E-state index in [4.69, 9.17) is 4.74 Å². The van der Waals surface area contributed by atoms with Gasteiger partial charge in [-0.2, -0.15) is 0 Å². The Balaban J connectivity index is 1.88. The SMILES string of the molecule is O=C(C1CNCCO1)N1CCCC(O)C1. The van der Waals surface area contributed by atoms with E-state index < -0.39 is 0 Å². The van der Waals surface area contributed by atoms with Crippen LogP contribution < -0.4 is 5.32 Å². The molecule has 2 heterocycles. The van der Waals surface area contributed by atoms with E-state index in [1.807, 2.05) is 0 Å². The normalized spacial score (nSPS) is 32.7. The van der Waals surface area contributed by atoms with Crippen molar-refractivity contribution in [3.05, 3.63) is 0 Å². The molecule has 0 radical (unpaired) electrons. The Bertz CT molecular complexity index is 229. The summed E-state index contributed by atoms with van der Waals surface area (Å²) in [5, 5.41) is 12.6. The second-order valence-corrected chi connectivity index (χ2v) is 4.14. The second-order valence-electron chi connectivity index (χ2n) is 4.14. The molecule has 0 aliphatic carbocycles. The molecule has 2 rings (SSSR count). The summed E-state index contributed by atoms with van der Waals surface area (Å²) in [5.41, 5.74) is 0. The molecule has 0 spiro atoms. The van der Waals surface area contributed by atoms with Gasteiger partial charge in [-0.1, -0.05) is 0 Å². The number of aliphatic hydroxyl groups is 1. The Hall–Kier alpha value is -0.650. The van der Waals surface area contributed by atoms with Crippen LogP contribution in [0.15, 0.2) is 0 Å². The van der Waals surface area contributed by atoms with Gasteiger partial charge in [0.15, 0.2) is 0 Å². The average Bonchev–Trinajstić information content (AvgIpc) is 2.29. The molecule has 0 saturated carbocycles. The van der Waals surface area contributed by atoms with Crippen LogP contribution in [0, 0.1) is 0 Å². The Kier molecular flexibility index (Phi) is 3.56. The molecule has 2 aliphatic rings. The number of β-amino-alcohol motifs (C(OH)–C–C–N with tert-alkyl or cyclic N) is 1. The molecule has 0 aromatic rings. The van der Waals surface area contributed by atoms with E-state index in [0.717, 1.165) is 25.9 Å². The van der Waals surface area contributed by atoms with Crippen molar-refractivity contribution in [3.63, 3.8) is 0 Å². The maximum absolute atomic E-state index is 11.9. The van der Waals surface area contributed by atoms with Crippen LogP contribution in [0.25, 0.3) is 0 Å². The van der Waals surface area contributed by atoms with E-state index >= 15 is 0 Å². The van der Waals surface area contributed by atoms with Crippen LogP contribution in [0.4, 0.5) is 0 Å². The largest absolute Gasteiger partial charge is 0.391 e. The smallest absolute Gasteiger partial charge is 0.253 e. The number of nitrogens with one attached hydrogen (secondary N) is 1. The van der Waals surface area contributed by atoms with Gasteiger partial charge in [-0.15, -0.1) is 0 Å². The van der Waals surface area contributed by atoms with E-state index in [2.05, 4.69) is 5.32 Å². The zero-order valence-corrected chi connectivity index (χ0v) is 8.82. The van der Waals surface area contributed by atoms with Gasteiger partial charge in [0, 0.05) is 26.2 Å². The van der Waals surface area contributed by atoms with Crippen molar-refractivity contribution in [2.24, 2.45) is 0 Å². The molecule has 2 atom stereocenters. The first-order chi connectivity index (χ1) is 7.27. The van der Waals surface area contributed by atoms with Crippen LogP contribution in [0.2, 0.25) is 0 Å². The number of amides is 1. The number of ether oxygens (including phenoxy) is 1. The lowest BCUT2D eigenvalue weighted by atomic mass is 10.1. The first-order valence-corrected chi connectivity index (χ1v) is 5.56. The molecule has 2 saturated heterocycles. The quantitative estimate of drug-likeness (QED) is 0.585. The van der Waals surface area contributed by atoms with E-state index in [1.165, 1.54) is 0 Å². The van der Waals surface area contributed by atoms with E-state index in [9.17, 15) is 9.90 Å². The lowest BCUT2D eigenvalue weighted by Gasteiger charge is -2.34. The summed E-state index contributed by atoms with van der Waals surface area (Å²) in [6.45, 7) is 3.19. The third kappa shape index (κ3) is 2.68. The first kappa shape index (κ1) is 10.9. The zero-order valence-electron chi connectivity index (χ0n) is 8.82. The fourth-order valence-corrected chi connectivity index (χ4v) is 2.08. The molecule has 0 bridgehead atoms.